The van der Waals surface area contributed by atoms with Crippen LogP contribution in [0, 0.1) is 0 Å². The van der Waals surface area contributed by atoms with Crippen molar-refractivity contribution in [2.75, 3.05) is 20.3 Å². The molecule has 2 heterocycles. The number of esters is 2. The van der Waals surface area contributed by atoms with Crippen LogP contribution in [0.15, 0.2) is 75.7 Å². The Morgan fingerprint density at radius 3 is 2.34 bits per heavy atom. The fraction of sp³-hybridized carbons (Fsp3) is 0.297. The fourth-order valence-corrected chi connectivity index (χ4v) is 7.00. The summed E-state index contributed by atoms with van der Waals surface area (Å²) < 4.78 is 30.0. The Kier molecular flexibility index (Phi) is 11.7. The molecule has 0 spiro atoms. The van der Waals surface area contributed by atoms with E-state index in [0.717, 1.165) is 16.9 Å². The van der Waals surface area contributed by atoms with Gasteiger partial charge in [-0.2, -0.15) is 0 Å². The van der Waals surface area contributed by atoms with Crippen molar-refractivity contribution in [1.82, 2.24) is 4.57 Å². The first-order valence-electron chi connectivity index (χ1n) is 15.9. The van der Waals surface area contributed by atoms with Gasteiger partial charge in [0.05, 0.1) is 58.9 Å². The summed E-state index contributed by atoms with van der Waals surface area (Å²) in [5.41, 5.74) is 2.52. The number of halogens is 2. The molecule has 1 aliphatic heterocycles. The van der Waals surface area contributed by atoms with E-state index in [4.69, 9.17) is 46.9 Å². The molecule has 0 fully saturated rings. The summed E-state index contributed by atoms with van der Waals surface area (Å²) in [7, 11) is 1.53. The zero-order chi connectivity index (χ0) is 36.1. The molecule has 1 aromatic heterocycles. The van der Waals surface area contributed by atoms with Crippen molar-refractivity contribution < 1.29 is 33.3 Å². The molecule has 3 aromatic carbocycles. The van der Waals surface area contributed by atoms with Gasteiger partial charge in [0, 0.05) is 10.6 Å². The van der Waals surface area contributed by atoms with Crippen molar-refractivity contribution in [3.63, 3.8) is 0 Å². The molecule has 1 aliphatic rings. The Balaban J connectivity index is 1.59. The molecule has 0 amide bonds. The molecule has 50 heavy (non-hydrogen) atoms. The summed E-state index contributed by atoms with van der Waals surface area (Å²) in [5, 5.41) is 0.586. The van der Waals surface area contributed by atoms with E-state index < -0.39 is 23.5 Å². The second-order valence-corrected chi connectivity index (χ2v) is 13.2. The van der Waals surface area contributed by atoms with Crippen LogP contribution in [0.4, 0.5) is 0 Å². The Bertz CT molecular complexity index is 2140. The third kappa shape index (κ3) is 7.90. The molecule has 4 aromatic rings. The van der Waals surface area contributed by atoms with Gasteiger partial charge in [-0.3, -0.25) is 9.36 Å². The van der Waals surface area contributed by atoms with Crippen molar-refractivity contribution in [2.45, 2.75) is 53.4 Å². The van der Waals surface area contributed by atoms with Gasteiger partial charge in [-0.05, 0) is 88.2 Å². The van der Waals surface area contributed by atoms with E-state index in [1.807, 2.05) is 13.8 Å². The number of hydrogen-bond donors (Lipinski definition) is 0. The topological polar surface area (TPSA) is 115 Å². The highest BCUT2D eigenvalue weighted by Crippen LogP contribution is 2.37. The van der Waals surface area contributed by atoms with Crippen molar-refractivity contribution in [3.05, 3.63) is 118 Å². The standard InChI is InChI=1S/C37H36Cl2N2O8S/c1-7-46-35(43)23-11-9-22(10-12-23)19-48-33-25(15-26(38)18-27(33)39)17-30-34(42)41-32(24-13-14-28(49-20(3)4)29(16-24)45-6)31(36(44)47-8-2)21(5)40-37(41)50-30/h9-18,20,32H,7-8,19H2,1-6H3/b30-17+/t32-/m1/s1. The molecule has 0 saturated carbocycles. The molecule has 5 rings (SSSR count). The molecule has 0 bridgehead atoms. The SMILES string of the molecule is CCOC(=O)C1=C(C)N=c2s/c(=C/c3cc(Cl)cc(Cl)c3OCc3ccc(C(=O)OCC)cc3)c(=O)n2[C@@H]1c1ccc(OC(C)C)c(OC)c1. The number of carbonyl (C=O) groups excluding carboxylic acids is 2. The minimum atomic E-state index is -0.870. The molecule has 0 saturated heterocycles. The van der Waals surface area contributed by atoms with E-state index in [2.05, 4.69) is 4.99 Å². The average Bonchev–Trinajstić information content (AvgIpc) is 3.37. The van der Waals surface area contributed by atoms with Gasteiger partial charge in [-0.25, -0.2) is 14.6 Å². The van der Waals surface area contributed by atoms with Crippen LogP contribution >= 0.6 is 34.5 Å². The quantitative estimate of drug-likeness (QED) is 0.148. The number of fused-ring (bicyclic) bond motifs is 1. The second kappa shape index (κ2) is 16.0. The lowest BCUT2D eigenvalue weighted by Crippen LogP contribution is -2.40. The van der Waals surface area contributed by atoms with Gasteiger partial charge in [0.1, 0.15) is 12.4 Å². The van der Waals surface area contributed by atoms with Gasteiger partial charge in [-0.1, -0.05) is 52.7 Å². The summed E-state index contributed by atoms with van der Waals surface area (Å²) in [4.78, 5) is 44.8. The number of nitrogens with zero attached hydrogens (tertiary/aromatic N) is 2. The number of methoxy groups -OCH3 is 1. The first-order valence-corrected chi connectivity index (χ1v) is 17.4. The van der Waals surface area contributed by atoms with Crippen molar-refractivity contribution in [3.8, 4) is 17.2 Å². The minimum Gasteiger partial charge on any atom is -0.493 e. The Hall–Kier alpha value is -4.58. The molecule has 0 radical (unpaired) electrons. The van der Waals surface area contributed by atoms with Crippen LogP contribution in [-0.4, -0.2) is 42.9 Å². The van der Waals surface area contributed by atoms with E-state index in [-0.39, 0.29) is 36.5 Å². The summed E-state index contributed by atoms with van der Waals surface area (Å²) in [5.74, 6) is 0.288. The van der Waals surface area contributed by atoms with Gasteiger partial charge in [0.15, 0.2) is 16.3 Å². The first-order chi connectivity index (χ1) is 23.9. The zero-order valence-electron chi connectivity index (χ0n) is 28.4. The van der Waals surface area contributed by atoms with E-state index >= 15 is 0 Å². The number of benzene rings is 3. The molecular weight excluding hydrogens is 703 g/mol. The van der Waals surface area contributed by atoms with E-state index in [0.29, 0.717) is 54.0 Å². The van der Waals surface area contributed by atoms with Gasteiger partial charge in [0.2, 0.25) is 0 Å². The Labute approximate surface area is 303 Å². The predicted octanol–water partition coefficient (Wildman–Crippen LogP) is 6.66. The molecule has 0 unspecified atom stereocenters. The minimum absolute atomic E-state index is 0.101. The first kappa shape index (κ1) is 36.7. The van der Waals surface area contributed by atoms with Crippen molar-refractivity contribution >= 4 is 52.6 Å². The largest absolute Gasteiger partial charge is 0.493 e. The molecule has 13 heteroatoms. The number of allylic oxidation sites excluding steroid dienone is 1. The number of hydrogen-bond acceptors (Lipinski definition) is 10. The van der Waals surface area contributed by atoms with E-state index in [1.165, 1.54) is 11.7 Å². The molecule has 0 N–H and O–H groups in total. The number of thiazole rings is 1. The number of carbonyl (C=O) groups is 2. The normalized spacial score (nSPS) is 14.3. The maximum atomic E-state index is 14.3. The smallest absolute Gasteiger partial charge is 0.338 e. The third-order valence-corrected chi connectivity index (χ3v) is 9.04. The second-order valence-electron chi connectivity index (χ2n) is 11.4. The highest BCUT2D eigenvalue weighted by atomic mass is 35.5. The molecule has 10 nitrogen and oxygen atoms in total. The van der Waals surface area contributed by atoms with Crippen LogP contribution in [0.5, 0.6) is 17.2 Å². The fourth-order valence-electron chi connectivity index (χ4n) is 5.40. The number of rotatable bonds is 12. The molecule has 1 atom stereocenters. The molecular formula is C37H36Cl2N2O8S. The maximum absolute atomic E-state index is 14.3. The summed E-state index contributed by atoms with van der Waals surface area (Å²) in [6.07, 6.45) is 1.54. The lowest BCUT2D eigenvalue weighted by atomic mass is 9.95. The average molecular weight is 740 g/mol. The Morgan fingerprint density at radius 1 is 0.980 bits per heavy atom. The molecule has 0 aliphatic carbocycles. The van der Waals surface area contributed by atoms with Crippen molar-refractivity contribution in [1.29, 1.82) is 0 Å². The monoisotopic (exact) mass is 738 g/mol. The number of aromatic nitrogens is 1. The maximum Gasteiger partial charge on any atom is 0.338 e. The number of ether oxygens (including phenoxy) is 5. The van der Waals surface area contributed by atoms with E-state index in [9.17, 15) is 14.4 Å². The molecule has 262 valence electrons. The van der Waals surface area contributed by atoms with Crippen LogP contribution in [0.25, 0.3) is 6.08 Å². The highest BCUT2D eigenvalue weighted by Gasteiger charge is 2.34. The summed E-state index contributed by atoms with van der Waals surface area (Å²) in [6.45, 7) is 9.53. The van der Waals surface area contributed by atoms with Gasteiger partial charge < -0.3 is 23.7 Å². The zero-order valence-corrected chi connectivity index (χ0v) is 30.7. The lowest BCUT2D eigenvalue weighted by Gasteiger charge is -2.25. The highest BCUT2D eigenvalue weighted by molar-refractivity contribution is 7.07. The lowest BCUT2D eigenvalue weighted by molar-refractivity contribution is -0.139. The Morgan fingerprint density at radius 2 is 1.68 bits per heavy atom. The van der Waals surface area contributed by atoms with E-state index in [1.54, 1.807) is 81.4 Å². The summed E-state index contributed by atoms with van der Waals surface area (Å²) in [6, 6.07) is 14.5. The predicted molar refractivity (Wildman–Crippen MR) is 192 cm³/mol. The van der Waals surface area contributed by atoms with Gasteiger partial charge in [0.25, 0.3) is 5.56 Å². The van der Waals surface area contributed by atoms with Crippen LogP contribution in [0.3, 0.4) is 0 Å². The van der Waals surface area contributed by atoms with Gasteiger partial charge in [-0.15, -0.1) is 0 Å². The van der Waals surface area contributed by atoms with Crippen LogP contribution in [0.2, 0.25) is 10.0 Å². The van der Waals surface area contributed by atoms with Crippen LogP contribution in [0.1, 0.15) is 67.7 Å². The van der Waals surface area contributed by atoms with Crippen LogP contribution < -0.4 is 29.1 Å². The third-order valence-electron chi connectivity index (χ3n) is 7.56. The van der Waals surface area contributed by atoms with Gasteiger partial charge >= 0.3 is 11.9 Å². The van der Waals surface area contributed by atoms with Crippen molar-refractivity contribution in [2.24, 2.45) is 4.99 Å². The van der Waals surface area contributed by atoms with Crippen LogP contribution in [-0.2, 0) is 20.9 Å². The summed E-state index contributed by atoms with van der Waals surface area (Å²) >= 11 is 14.2.